The van der Waals surface area contributed by atoms with Gasteiger partial charge in [0.15, 0.2) is 0 Å². The summed E-state index contributed by atoms with van der Waals surface area (Å²) in [7, 11) is 0. The Balaban J connectivity index is 1.60. The van der Waals surface area contributed by atoms with Gasteiger partial charge in [0.05, 0.1) is 0 Å². The van der Waals surface area contributed by atoms with Crippen molar-refractivity contribution in [3.8, 4) is 0 Å². The largest absolute Gasteiger partial charge is 0.354 e. The van der Waals surface area contributed by atoms with E-state index in [1.54, 1.807) is 0 Å². The van der Waals surface area contributed by atoms with Crippen LogP contribution in [0.15, 0.2) is 0 Å². The fourth-order valence-electron chi connectivity index (χ4n) is 4.01. The predicted molar refractivity (Wildman–Crippen MR) is 114 cm³/mol. The van der Waals surface area contributed by atoms with Gasteiger partial charge in [-0.05, 0) is 44.9 Å². The van der Waals surface area contributed by atoms with Gasteiger partial charge in [-0.2, -0.15) is 15.0 Å². The van der Waals surface area contributed by atoms with E-state index in [1.165, 1.54) is 77.0 Å². The molecule has 0 bridgehead atoms. The maximum atomic E-state index is 4.85. The van der Waals surface area contributed by atoms with Gasteiger partial charge in [-0.15, -0.1) is 0 Å². The lowest BCUT2D eigenvalue weighted by atomic mass is 10.1. The van der Waals surface area contributed by atoms with Gasteiger partial charge in [0, 0.05) is 32.7 Å². The SMILES string of the molecule is CCCCCCCCNc1nc(N2CCCCC2)nc(N2CCCCC2)n1. The summed E-state index contributed by atoms with van der Waals surface area (Å²) in [5.41, 5.74) is 0. The van der Waals surface area contributed by atoms with Crippen LogP contribution in [0, 0.1) is 0 Å². The number of unbranched alkanes of at least 4 members (excludes halogenated alkanes) is 5. The second kappa shape index (κ2) is 11.3. The van der Waals surface area contributed by atoms with Crippen LogP contribution in [-0.2, 0) is 0 Å². The summed E-state index contributed by atoms with van der Waals surface area (Å²) in [6.45, 7) is 7.50. The number of hydrogen-bond donors (Lipinski definition) is 1. The number of aromatic nitrogens is 3. The molecular formula is C21H38N6. The van der Waals surface area contributed by atoms with Crippen molar-refractivity contribution >= 4 is 17.8 Å². The van der Waals surface area contributed by atoms with E-state index in [0.717, 1.165) is 50.6 Å². The third-order valence-electron chi connectivity index (χ3n) is 5.70. The second-order valence-corrected chi connectivity index (χ2v) is 8.05. The third kappa shape index (κ3) is 6.51. The van der Waals surface area contributed by atoms with Crippen molar-refractivity contribution in [1.82, 2.24) is 15.0 Å². The van der Waals surface area contributed by atoms with Crippen LogP contribution in [-0.4, -0.2) is 47.7 Å². The van der Waals surface area contributed by atoms with E-state index in [4.69, 9.17) is 15.0 Å². The molecule has 3 heterocycles. The Kier molecular flexibility index (Phi) is 8.43. The molecule has 2 fully saturated rings. The Morgan fingerprint density at radius 1 is 0.667 bits per heavy atom. The van der Waals surface area contributed by atoms with Crippen LogP contribution < -0.4 is 15.1 Å². The van der Waals surface area contributed by atoms with Crippen LogP contribution in [0.4, 0.5) is 17.8 Å². The minimum Gasteiger partial charge on any atom is -0.354 e. The molecule has 1 aromatic heterocycles. The van der Waals surface area contributed by atoms with Crippen LogP contribution in [0.25, 0.3) is 0 Å². The third-order valence-corrected chi connectivity index (χ3v) is 5.70. The van der Waals surface area contributed by atoms with Gasteiger partial charge in [0.1, 0.15) is 0 Å². The topological polar surface area (TPSA) is 57.2 Å². The van der Waals surface area contributed by atoms with E-state index in [0.29, 0.717) is 0 Å². The molecule has 1 N–H and O–H groups in total. The molecule has 6 heteroatoms. The van der Waals surface area contributed by atoms with Crippen LogP contribution in [0.3, 0.4) is 0 Å². The summed E-state index contributed by atoms with van der Waals surface area (Å²) in [5, 5.41) is 3.48. The average molecular weight is 375 g/mol. The smallest absolute Gasteiger partial charge is 0.231 e. The van der Waals surface area contributed by atoms with Crippen molar-refractivity contribution in [1.29, 1.82) is 0 Å². The maximum absolute atomic E-state index is 4.85. The Hall–Kier alpha value is -1.59. The minimum atomic E-state index is 0.764. The Bertz CT molecular complexity index is 501. The molecule has 2 aliphatic heterocycles. The molecule has 27 heavy (non-hydrogen) atoms. The first kappa shape index (κ1) is 20.2. The van der Waals surface area contributed by atoms with Gasteiger partial charge < -0.3 is 15.1 Å². The van der Waals surface area contributed by atoms with Crippen molar-refractivity contribution in [2.75, 3.05) is 47.8 Å². The number of nitrogens with one attached hydrogen (secondary N) is 1. The van der Waals surface area contributed by atoms with Gasteiger partial charge in [0.25, 0.3) is 0 Å². The molecular weight excluding hydrogens is 336 g/mol. The van der Waals surface area contributed by atoms with Gasteiger partial charge >= 0.3 is 0 Å². The highest BCUT2D eigenvalue weighted by atomic mass is 15.4. The highest BCUT2D eigenvalue weighted by molar-refractivity contribution is 5.45. The van der Waals surface area contributed by atoms with Crippen molar-refractivity contribution in [3.05, 3.63) is 0 Å². The Morgan fingerprint density at radius 2 is 1.19 bits per heavy atom. The van der Waals surface area contributed by atoms with Crippen LogP contribution in [0.1, 0.15) is 84.0 Å². The van der Waals surface area contributed by atoms with Crippen LogP contribution in [0.2, 0.25) is 0 Å². The molecule has 1 aromatic rings. The molecule has 0 amide bonds. The van der Waals surface area contributed by atoms with Crippen molar-refractivity contribution in [3.63, 3.8) is 0 Å². The van der Waals surface area contributed by atoms with E-state index in [1.807, 2.05) is 0 Å². The van der Waals surface area contributed by atoms with Crippen molar-refractivity contribution in [2.24, 2.45) is 0 Å². The van der Waals surface area contributed by atoms with Gasteiger partial charge in [0.2, 0.25) is 17.8 Å². The van der Waals surface area contributed by atoms with Gasteiger partial charge in [-0.1, -0.05) is 39.0 Å². The van der Waals surface area contributed by atoms with E-state index < -0.39 is 0 Å². The maximum Gasteiger partial charge on any atom is 0.231 e. The number of anilines is 3. The van der Waals surface area contributed by atoms with Crippen molar-refractivity contribution < 1.29 is 0 Å². The van der Waals surface area contributed by atoms with Crippen molar-refractivity contribution in [2.45, 2.75) is 84.0 Å². The molecule has 0 aromatic carbocycles. The molecule has 0 atom stereocenters. The first-order valence-corrected chi connectivity index (χ1v) is 11.4. The monoisotopic (exact) mass is 374 g/mol. The lowest BCUT2D eigenvalue weighted by Gasteiger charge is -2.30. The minimum absolute atomic E-state index is 0.764. The van der Waals surface area contributed by atoms with E-state index >= 15 is 0 Å². The van der Waals surface area contributed by atoms with Crippen LogP contribution in [0.5, 0.6) is 0 Å². The number of hydrogen-bond acceptors (Lipinski definition) is 6. The zero-order chi connectivity index (χ0) is 18.7. The molecule has 0 spiro atoms. The lowest BCUT2D eigenvalue weighted by molar-refractivity contribution is 0.556. The highest BCUT2D eigenvalue weighted by Gasteiger charge is 2.20. The Labute approximate surface area is 165 Å². The molecule has 6 nitrogen and oxygen atoms in total. The molecule has 152 valence electrons. The highest BCUT2D eigenvalue weighted by Crippen LogP contribution is 2.22. The number of rotatable bonds is 10. The van der Waals surface area contributed by atoms with Gasteiger partial charge in [-0.25, -0.2) is 0 Å². The Morgan fingerprint density at radius 3 is 1.74 bits per heavy atom. The first-order chi connectivity index (χ1) is 13.4. The number of piperidine rings is 2. The second-order valence-electron chi connectivity index (χ2n) is 8.05. The lowest BCUT2D eigenvalue weighted by Crippen LogP contribution is -2.34. The molecule has 3 rings (SSSR count). The molecule has 0 saturated carbocycles. The fraction of sp³-hybridized carbons (Fsp3) is 0.857. The zero-order valence-electron chi connectivity index (χ0n) is 17.3. The van der Waals surface area contributed by atoms with Crippen LogP contribution >= 0.6 is 0 Å². The predicted octanol–water partition coefficient (Wildman–Crippen LogP) is 4.62. The quantitative estimate of drug-likeness (QED) is 0.603. The average Bonchev–Trinajstić information content (AvgIpc) is 2.74. The fourth-order valence-corrected chi connectivity index (χ4v) is 4.01. The molecule has 0 radical (unpaired) electrons. The van der Waals surface area contributed by atoms with E-state index in [2.05, 4.69) is 22.0 Å². The summed E-state index contributed by atoms with van der Waals surface area (Å²) in [6.07, 6.45) is 15.5. The molecule has 0 aliphatic carbocycles. The standard InChI is InChI=1S/C21H38N6/c1-2-3-4-5-6-9-14-22-19-23-20(26-15-10-7-11-16-26)25-21(24-19)27-17-12-8-13-18-27/h2-18H2,1H3,(H,22,23,24,25). The molecule has 2 saturated heterocycles. The summed E-state index contributed by atoms with van der Waals surface area (Å²) >= 11 is 0. The molecule has 0 unspecified atom stereocenters. The summed E-state index contributed by atoms with van der Waals surface area (Å²) in [4.78, 5) is 19.1. The normalized spacial score (nSPS) is 18.0. The summed E-state index contributed by atoms with van der Waals surface area (Å²) in [5.74, 6) is 2.51. The zero-order valence-corrected chi connectivity index (χ0v) is 17.3. The van der Waals surface area contributed by atoms with Gasteiger partial charge in [-0.3, -0.25) is 0 Å². The van der Waals surface area contributed by atoms with E-state index in [-0.39, 0.29) is 0 Å². The van der Waals surface area contributed by atoms with E-state index in [9.17, 15) is 0 Å². The summed E-state index contributed by atoms with van der Waals surface area (Å²) in [6, 6.07) is 0. The molecule has 2 aliphatic rings. The first-order valence-electron chi connectivity index (χ1n) is 11.4. The summed E-state index contributed by atoms with van der Waals surface area (Å²) < 4.78 is 0. The number of nitrogens with zero attached hydrogens (tertiary/aromatic N) is 5.